The van der Waals surface area contributed by atoms with Crippen LogP contribution >= 0.6 is 0 Å². The Balaban J connectivity index is 4.21. The summed E-state index contributed by atoms with van der Waals surface area (Å²) < 4.78 is 16.7. The zero-order chi connectivity index (χ0) is 45.8. The smallest absolute Gasteiger partial charge is 0.306 e. The zero-order valence-electron chi connectivity index (χ0n) is 40.8. The van der Waals surface area contributed by atoms with E-state index in [2.05, 4.69) is 118 Å². The third-order valence-electron chi connectivity index (χ3n) is 10.6. The topological polar surface area (TPSA) is 78.9 Å². The van der Waals surface area contributed by atoms with Crippen molar-refractivity contribution in [3.05, 3.63) is 97.2 Å². The van der Waals surface area contributed by atoms with Crippen molar-refractivity contribution in [2.24, 2.45) is 0 Å². The van der Waals surface area contributed by atoms with E-state index in [0.717, 1.165) is 135 Å². The van der Waals surface area contributed by atoms with Crippen LogP contribution in [0.4, 0.5) is 0 Å². The second kappa shape index (κ2) is 51.0. The Morgan fingerprint density at radius 3 is 0.968 bits per heavy atom. The lowest BCUT2D eigenvalue weighted by molar-refractivity contribution is -0.167. The van der Waals surface area contributed by atoms with Crippen LogP contribution in [0.1, 0.15) is 226 Å². The molecule has 0 amide bonds. The number of unbranched alkanes of at least 4 members (excludes halogenated alkanes) is 18. The lowest BCUT2D eigenvalue weighted by Crippen LogP contribution is -2.30. The predicted octanol–water partition coefficient (Wildman–Crippen LogP) is 17.0. The second-order valence-electron chi connectivity index (χ2n) is 16.7. The predicted molar refractivity (Wildman–Crippen MR) is 270 cm³/mol. The quantitative estimate of drug-likeness (QED) is 0.0262. The van der Waals surface area contributed by atoms with E-state index in [1.807, 2.05) is 0 Å². The van der Waals surface area contributed by atoms with Gasteiger partial charge in [0.25, 0.3) is 0 Å². The summed E-state index contributed by atoms with van der Waals surface area (Å²) in [6.45, 7) is 6.30. The molecule has 0 rings (SSSR count). The number of hydrogen-bond donors (Lipinski definition) is 0. The molecule has 358 valence electrons. The molecular formula is C57H94O6. The number of carbonyl (C=O) groups is 3. The minimum Gasteiger partial charge on any atom is -0.462 e. The fourth-order valence-corrected chi connectivity index (χ4v) is 6.78. The molecule has 0 heterocycles. The number of allylic oxidation sites excluding steroid dienone is 16. The Kier molecular flexibility index (Phi) is 48.0. The molecule has 63 heavy (non-hydrogen) atoms. The van der Waals surface area contributed by atoms with E-state index in [0.29, 0.717) is 19.3 Å². The van der Waals surface area contributed by atoms with Crippen LogP contribution in [0.3, 0.4) is 0 Å². The van der Waals surface area contributed by atoms with E-state index in [-0.39, 0.29) is 31.1 Å². The molecule has 0 aromatic heterocycles. The maximum absolute atomic E-state index is 12.7. The standard InChI is InChI=1S/C57H94O6/c1-4-7-10-13-15-17-19-21-23-25-27-28-30-31-33-35-37-39-41-44-47-50-56(59)62-53-54(52-61-55(58)49-46-43-12-9-6-3)63-57(60)51-48-45-42-40-38-36-34-32-29-26-24-22-20-18-16-14-11-8-5-2/h7-8,10-11,15-18,21-24,27-29,32,54H,4-6,9,12-14,19-20,25-26,30-31,33-53H2,1-3H3/b10-7-,11-8-,17-15-,18-16-,23-21-,24-22-,28-27-,32-29-. The first-order valence-corrected chi connectivity index (χ1v) is 25.7. The van der Waals surface area contributed by atoms with Crippen LogP contribution < -0.4 is 0 Å². The lowest BCUT2D eigenvalue weighted by Gasteiger charge is -2.18. The molecule has 0 aromatic rings. The van der Waals surface area contributed by atoms with Gasteiger partial charge >= 0.3 is 17.9 Å². The molecule has 1 unspecified atom stereocenters. The number of carbonyl (C=O) groups excluding carboxylic acids is 3. The van der Waals surface area contributed by atoms with Crippen LogP contribution in [0.2, 0.25) is 0 Å². The van der Waals surface area contributed by atoms with Crippen LogP contribution in [-0.4, -0.2) is 37.2 Å². The van der Waals surface area contributed by atoms with E-state index < -0.39 is 6.10 Å². The molecule has 0 spiro atoms. The summed E-state index contributed by atoms with van der Waals surface area (Å²) >= 11 is 0. The maximum Gasteiger partial charge on any atom is 0.306 e. The van der Waals surface area contributed by atoms with Crippen molar-refractivity contribution >= 4 is 17.9 Å². The molecule has 0 N–H and O–H groups in total. The van der Waals surface area contributed by atoms with Crippen molar-refractivity contribution < 1.29 is 28.6 Å². The highest BCUT2D eigenvalue weighted by atomic mass is 16.6. The van der Waals surface area contributed by atoms with Gasteiger partial charge in [-0.3, -0.25) is 14.4 Å². The van der Waals surface area contributed by atoms with Crippen molar-refractivity contribution in [1.29, 1.82) is 0 Å². The van der Waals surface area contributed by atoms with Gasteiger partial charge in [0.05, 0.1) is 0 Å². The average Bonchev–Trinajstić information content (AvgIpc) is 3.28. The van der Waals surface area contributed by atoms with Gasteiger partial charge in [0.1, 0.15) is 13.2 Å². The largest absolute Gasteiger partial charge is 0.462 e. The van der Waals surface area contributed by atoms with Crippen LogP contribution in [0, 0.1) is 0 Å². The molecular weight excluding hydrogens is 781 g/mol. The van der Waals surface area contributed by atoms with Crippen LogP contribution in [0.5, 0.6) is 0 Å². The summed E-state index contributed by atoms with van der Waals surface area (Å²) in [7, 11) is 0. The van der Waals surface area contributed by atoms with Crippen molar-refractivity contribution in [2.75, 3.05) is 13.2 Å². The molecule has 0 saturated heterocycles. The van der Waals surface area contributed by atoms with Crippen LogP contribution in [0.25, 0.3) is 0 Å². The van der Waals surface area contributed by atoms with E-state index in [9.17, 15) is 14.4 Å². The Bertz CT molecular complexity index is 1280. The van der Waals surface area contributed by atoms with Crippen LogP contribution in [-0.2, 0) is 28.6 Å². The van der Waals surface area contributed by atoms with Crippen molar-refractivity contribution in [2.45, 2.75) is 232 Å². The first-order valence-electron chi connectivity index (χ1n) is 25.7. The summed E-state index contributed by atoms with van der Waals surface area (Å²) in [5.74, 6) is -0.927. The molecule has 0 fully saturated rings. The minimum absolute atomic E-state index is 0.0878. The SMILES string of the molecule is CC/C=C\C/C=C\C/C=C\C/C=C\CCCCCCCCCCC(=O)OCC(COC(=O)CCCCCCC)OC(=O)CCCCCCCC/C=C\C/C=C\C/C=C\C/C=C\CC. The van der Waals surface area contributed by atoms with E-state index in [4.69, 9.17) is 14.2 Å². The highest BCUT2D eigenvalue weighted by molar-refractivity contribution is 5.71. The van der Waals surface area contributed by atoms with Gasteiger partial charge in [-0.25, -0.2) is 0 Å². The first-order chi connectivity index (χ1) is 31.0. The van der Waals surface area contributed by atoms with E-state index in [1.54, 1.807) is 0 Å². The lowest BCUT2D eigenvalue weighted by atomic mass is 10.1. The fraction of sp³-hybridized carbons (Fsp3) is 0.667. The van der Waals surface area contributed by atoms with Crippen molar-refractivity contribution in [3.63, 3.8) is 0 Å². The highest BCUT2D eigenvalue weighted by Crippen LogP contribution is 2.14. The molecule has 6 nitrogen and oxygen atoms in total. The maximum atomic E-state index is 12.7. The summed E-state index contributed by atoms with van der Waals surface area (Å²) in [5, 5.41) is 0. The van der Waals surface area contributed by atoms with E-state index in [1.165, 1.54) is 51.4 Å². The Labute approximate surface area is 387 Å². The van der Waals surface area contributed by atoms with Crippen molar-refractivity contribution in [1.82, 2.24) is 0 Å². The van der Waals surface area contributed by atoms with Gasteiger partial charge in [-0.1, -0.05) is 208 Å². The Morgan fingerprint density at radius 1 is 0.333 bits per heavy atom. The van der Waals surface area contributed by atoms with Gasteiger partial charge < -0.3 is 14.2 Å². The van der Waals surface area contributed by atoms with Gasteiger partial charge in [0.2, 0.25) is 0 Å². The summed E-state index contributed by atoms with van der Waals surface area (Å²) in [4.78, 5) is 37.7. The summed E-state index contributed by atoms with van der Waals surface area (Å²) in [6, 6.07) is 0. The molecule has 0 saturated carbocycles. The number of ether oxygens (including phenoxy) is 3. The molecule has 0 radical (unpaired) electrons. The van der Waals surface area contributed by atoms with Gasteiger partial charge in [0, 0.05) is 19.3 Å². The monoisotopic (exact) mass is 875 g/mol. The Morgan fingerprint density at radius 2 is 0.619 bits per heavy atom. The third-order valence-corrected chi connectivity index (χ3v) is 10.6. The third kappa shape index (κ3) is 49.2. The Hall–Kier alpha value is -3.67. The number of rotatable bonds is 45. The van der Waals surface area contributed by atoms with Gasteiger partial charge in [0.15, 0.2) is 6.10 Å². The van der Waals surface area contributed by atoms with Crippen molar-refractivity contribution in [3.8, 4) is 0 Å². The molecule has 0 bridgehead atoms. The van der Waals surface area contributed by atoms with Gasteiger partial charge in [-0.2, -0.15) is 0 Å². The minimum atomic E-state index is -0.785. The molecule has 0 aliphatic heterocycles. The normalized spacial score (nSPS) is 12.9. The molecule has 0 aromatic carbocycles. The fourth-order valence-electron chi connectivity index (χ4n) is 6.78. The molecule has 1 atom stereocenters. The number of hydrogen-bond acceptors (Lipinski definition) is 6. The molecule has 6 heteroatoms. The first kappa shape index (κ1) is 59.3. The second-order valence-corrected chi connectivity index (χ2v) is 16.7. The average molecular weight is 875 g/mol. The zero-order valence-corrected chi connectivity index (χ0v) is 40.8. The summed E-state index contributed by atoms with van der Waals surface area (Å²) in [5.41, 5.74) is 0. The summed E-state index contributed by atoms with van der Waals surface area (Å²) in [6.07, 6.45) is 67.1. The van der Waals surface area contributed by atoms with Gasteiger partial charge in [-0.05, 0) is 96.3 Å². The van der Waals surface area contributed by atoms with Gasteiger partial charge in [-0.15, -0.1) is 0 Å². The molecule has 0 aliphatic rings. The number of esters is 3. The highest BCUT2D eigenvalue weighted by Gasteiger charge is 2.19. The molecule has 0 aliphatic carbocycles. The van der Waals surface area contributed by atoms with E-state index >= 15 is 0 Å². The van der Waals surface area contributed by atoms with Crippen LogP contribution in [0.15, 0.2) is 97.2 Å².